The first-order valence-corrected chi connectivity index (χ1v) is 9.65. The van der Waals surface area contributed by atoms with E-state index in [0.29, 0.717) is 31.0 Å². The molecule has 1 unspecified atom stereocenters. The molecule has 0 radical (unpaired) electrons. The van der Waals surface area contributed by atoms with Crippen molar-refractivity contribution in [3.05, 3.63) is 28.8 Å². The maximum Gasteiger partial charge on any atom is 0.329 e. The van der Waals surface area contributed by atoms with E-state index in [0.717, 1.165) is 11.3 Å². The summed E-state index contributed by atoms with van der Waals surface area (Å²) in [6.45, 7) is 2.58. The van der Waals surface area contributed by atoms with E-state index < -0.39 is 15.9 Å². The highest BCUT2D eigenvalue weighted by molar-refractivity contribution is 7.90. The number of esters is 1. The zero-order valence-electron chi connectivity index (χ0n) is 12.7. The van der Waals surface area contributed by atoms with E-state index in [1.165, 1.54) is 6.26 Å². The van der Waals surface area contributed by atoms with E-state index in [-0.39, 0.29) is 11.7 Å². The number of benzene rings is 1. The molecule has 5 nitrogen and oxygen atoms in total. The van der Waals surface area contributed by atoms with Gasteiger partial charge in [-0.05, 0) is 37.1 Å². The van der Waals surface area contributed by atoms with Gasteiger partial charge in [-0.1, -0.05) is 11.6 Å². The molecule has 0 aromatic heterocycles. The molecule has 0 fully saturated rings. The molecule has 0 N–H and O–H groups in total. The zero-order chi connectivity index (χ0) is 16.3. The number of fused-ring (bicyclic) bond motifs is 1. The molecule has 1 heterocycles. The summed E-state index contributed by atoms with van der Waals surface area (Å²) in [6, 6.07) is 5.09. The Bertz CT molecular complexity index is 660. The fourth-order valence-electron chi connectivity index (χ4n) is 2.71. The second kappa shape index (κ2) is 6.87. The van der Waals surface area contributed by atoms with E-state index in [1.54, 1.807) is 13.0 Å². The maximum atomic E-state index is 12.2. The van der Waals surface area contributed by atoms with Crippen LogP contribution in [0.15, 0.2) is 18.2 Å². The first-order valence-electron chi connectivity index (χ1n) is 7.21. The molecule has 0 spiro atoms. The Hall–Kier alpha value is -1.27. The molecule has 1 atom stereocenters. The minimum absolute atomic E-state index is 0.0992. The van der Waals surface area contributed by atoms with Crippen molar-refractivity contribution < 1.29 is 17.9 Å². The summed E-state index contributed by atoms with van der Waals surface area (Å²) in [5.74, 6) is -0.184. The number of hydrogen-bond donors (Lipinski definition) is 0. The van der Waals surface area contributed by atoms with Crippen LogP contribution in [0.3, 0.4) is 0 Å². The van der Waals surface area contributed by atoms with Crippen molar-refractivity contribution in [2.24, 2.45) is 0 Å². The average Bonchev–Trinajstić information content (AvgIpc) is 2.76. The number of sulfone groups is 1. The first-order chi connectivity index (χ1) is 10.3. The average molecular weight is 346 g/mol. The van der Waals surface area contributed by atoms with Crippen molar-refractivity contribution in [3.63, 3.8) is 0 Å². The lowest BCUT2D eigenvalue weighted by Gasteiger charge is -2.26. The monoisotopic (exact) mass is 345 g/mol. The molecule has 0 saturated heterocycles. The third-order valence-electron chi connectivity index (χ3n) is 3.61. The van der Waals surface area contributed by atoms with Gasteiger partial charge >= 0.3 is 5.97 Å². The van der Waals surface area contributed by atoms with E-state index in [2.05, 4.69) is 0 Å². The summed E-state index contributed by atoms with van der Waals surface area (Å²) < 4.78 is 27.7. The molecule has 0 aliphatic carbocycles. The van der Waals surface area contributed by atoms with E-state index in [9.17, 15) is 13.2 Å². The van der Waals surface area contributed by atoms with E-state index in [1.807, 2.05) is 17.0 Å². The molecule has 0 bridgehead atoms. The smallest absolute Gasteiger partial charge is 0.329 e. The summed E-state index contributed by atoms with van der Waals surface area (Å²) in [5.41, 5.74) is 1.92. The molecular formula is C15H20ClNO4S. The van der Waals surface area contributed by atoms with Gasteiger partial charge in [0.15, 0.2) is 0 Å². The number of ether oxygens (including phenoxy) is 1. The van der Waals surface area contributed by atoms with Crippen LogP contribution >= 0.6 is 11.6 Å². The largest absolute Gasteiger partial charge is 0.464 e. The standard InChI is InChI=1S/C15H20ClNO4S/c1-3-21-15(18)14-10-11-9-12(16)5-6-13(11)17(14)7-4-8-22(2,19)20/h5-6,9,14H,3-4,7-8,10H2,1-2H3. The number of rotatable bonds is 6. The summed E-state index contributed by atoms with van der Waals surface area (Å²) in [5, 5.41) is 0.624. The molecule has 1 aliphatic heterocycles. The molecule has 1 aromatic carbocycles. The van der Waals surface area contributed by atoms with Crippen LogP contribution in [-0.4, -0.2) is 45.6 Å². The van der Waals surface area contributed by atoms with Crippen LogP contribution in [0, 0.1) is 0 Å². The fourth-order valence-corrected chi connectivity index (χ4v) is 3.55. The second-order valence-electron chi connectivity index (χ2n) is 5.42. The van der Waals surface area contributed by atoms with Gasteiger partial charge in [-0.15, -0.1) is 0 Å². The predicted octanol–water partition coefficient (Wildman–Crippen LogP) is 2.07. The number of carbonyl (C=O) groups excluding carboxylic acids is 1. The highest BCUT2D eigenvalue weighted by Crippen LogP contribution is 2.34. The first kappa shape index (κ1) is 17.1. The molecular weight excluding hydrogens is 326 g/mol. The Balaban J connectivity index is 2.18. The Morgan fingerprint density at radius 3 is 2.82 bits per heavy atom. The molecule has 122 valence electrons. The normalized spacial score (nSPS) is 17.4. The number of nitrogens with zero attached hydrogens (tertiary/aromatic N) is 1. The Labute approximate surface area is 136 Å². The van der Waals surface area contributed by atoms with Gasteiger partial charge in [0.1, 0.15) is 15.9 Å². The van der Waals surface area contributed by atoms with Gasteiger partial charge in [0, 0.05) is 29.9 Å². The minimum atomic E-state index is -3.01. The zero-order valence-corrected chi connectivity index (χ0v) is 14.3. The van der Waals surface area contributed by atoms with Crippen molar-refractivity contribution >= 4 is 33.1 Å². The van der Waals surface area contributed by atoms with Crippen LogP contribution in [0.1, 0.15) is 18.9 Å². The topological polar surface area (TPSA) is 63.7 Å². The van der Waals surface area contributed by atoms with Crippen LogP contribution in [0.25, 0.3) is 0 Å². The Morgan fingerprint density at radius 2 is 2.18 bits per heavy atom. The summed E-state index contributed by atoms with van der Waals surface area (Å²) >= 11 is 6.01. The van der Waals surface area contributed by atoms with Crippen LogP contribution in [0.4, 0.5) is 5.69 Å². The SMILES string of the molecule is CCOC(=O)C1Cc2cc(Cl)ccc2N1CCCS(C)(=O)=O. The van der Waals surface area contributed by atoms with Crippen LogP contribution in [-0.2, 0) is 25.8 Å². The van der Waals surface area contributed by atoms with E-state index >= 15 is 0 Å². The predicted molar refractivity (Wildman–Crippen MR) is 87.3 cm³/mol. The molecule has 22 heavy (non-hydrogen) atoms. The summed E-state index contributed by atoms with van der Waals surface area (Å²) in [4.78, 5) is 14.1. The van der Waals surface area contributed by atoms with Crippen molar-refractivity contribution in [3.8, 4) is 0 Å². The molecule has 2 rings (SSSR count). The lowest BCUT2D eigenvalue weighted by molar-refractivity contribution is -0.144. The fraction of sp³-hybridized carbons (Fsp3) is 0.533. The van der Waals surface area contributed by atoms with Crippen LogP contribution in [0.5, 0.6) is 0 Å². The van der Waals surface area contributed by atoms with Gasteiger partial charge < -0.3 is 9.64 Å². The third-order valence-corrected chi connectivity index (χ3v) is 4.88. The number of carbonyl (C=O) groups is 1. The lowest BCUT2D eigenvalue weighted by Crippen LogP contribution is -2.40. The second-order valence-corrected chi connectivity index (χ2v) is 8.12. The maximum absolute atomic E-state index is 12.2. The number of anilines is 1. The summed E-state index contributed by atoms with van der Waals surface area (Å²) in [7, 11) is -3.01. The van der Waals surface area contributed by atoms with Crippen molar-refractivity contribution in [2.45, 2.75) is 25.8 Å². The third kappa shape index (κ3) is 4.14. The quantitative estimate of drug-likeness (QED) is 0.738. The van der Waals surface area contributed by atoms with Crippen molar-refractivity contribution in [2.75, 3.05) is 30.1 Å². The molecule has 0 saturated carbocycles. The van der Waals surface area contributed by atoms with Crippen LogP contribution in [0.2, 0.25) is 5.02 Å². The highest BCUT2D eigenvalue weighted by Gasteiger charge is 2.35. The van der Waals surface area contributed by atoms with E-state index in [4.69, 9.17) is 16.3 Å². The van der Waals surface area contributed by atoms with Gasteiger partial charge in [0.2, 0.25) is 0 Å². The minimum Gasteiger partial charge on any atom is -0.464 e. The van der Waals surface area contributed by atoms with Crippen LogP contribution < -0.4 is 4.90 Å². The lowest BCUT2D eigenvalue weighted by atomic mass is 10.1. The molecule has 1 aliphatic rings. The molecule has 7 heteroatoms. The number of halogens is 1. The molecule has 1 aromatic rings. The van der Waals surface area contributed by atoms with Crippen molar-refractivity contribution in [1.29, 1.82) is 0 Å². The highest BCUT2D eigenvalue weighted by atomic mass is 35.5. The Kier molecular flexibility index (Phi) is 5.34. The van der Waals surface area contributed by atoms with Gasteiger partial charge in [0.05, 0.1) is 12.4 Å². The van der Waals surface area contributed by atoms with Gasteiger partial charge in [-0.3, -0.25) is 0 Å². The van der Waals surface area contributed by atoms with Gasteiger partial charge in [-0.2, -0.15) is 0 Å². The summed E-state index contributed by atoms with van der Waals surface area (Å²) in [6.07, 6.45) is 2.22. The van der Waals surface area contributed by atoms with Gasteiger partial charge in [-0.25, -0.2) is 13.2 Å². The Morgan fingerprint density at radius 1 is 1.45 bits per heavy atom. The number of hydrogen-bond acceptors (Lipinski definition) is 5. The van der Waals surface area contributed by atoms with Crippen molar-refractivity contribution in [1.82, 2.24) is 0 Å². The van der Waals surface area contributed by atoms with Gasteiger partial charge in [0.25, 0.3) is 0 Å². The molecule has 0 amide bonds.